The van der Waals surface area contributed by atoms with Crippen molar-refractivity contribution < 1.29 is 4.79 Å². The lowest BCUT2D eigenvalue weighted by Crippen LogP contribution is -2.40. The summed E-state index contributed by atoms with van der Waals surface area (Å²) in [5, 5.41) is 8.18. The molecule has 2 aromatic heterocycles. The van der Waals surface area contributed by atoms with Gasteiger partial charge < -0.3 is 9.88 Å². The second-order valence-electron chi connectivity index (χ2n) is 8.20. The molecule has 0 saturated carbocycles. The Hall–Kier alpha value is -3.81. The van der Waals surface area contributed by atoms with Crippen LogP contribution in [0.1, 0.15) is 35.7 Å². The van der Waals surface area contributed by atoms with Crippen LogP contribution < -0.4 is 5.56 Å². The first-order valence-electron chi connectivity index (χ1n) is 10.9. The number of amides is 1. The van der Waals surface area contributed by atoms with Gasteiger partial charge in [-0.25, -0.2) is 9.67 Å². The first kappa shape index (κ1) is 20.1. The molecule has 162 valence electrons. The van der Waals surface area contributed by atoms with Crippen molar-refractivity contribution in [3.05, 3.63) is 88.0 Å². The lowest BCUT2D eigenvalue weighted by atomic mass is 9.96. The monoisotopic (exact) mass is 428 g/mol. The van der Waals surface area contributed by atoms with Crippen LogP contribution in [0.25, 0.3) is 11.2 Å². The maximum Gasteiger partial charge on any atom is 0.281 e. The molecule has 1 N–H and O–H groups in total. The summed E-state index contributed by atoms with van der Waals surface area (Å²) in [6.07, 6.45) is 2.11. The van der Waals surface area contributed by atoms with Gasteiger partial charge in [-0.15, -0.1) is 5.10 Å². The number of nitrogens with zero attached hydrogens (tertiary/aromatic N) is 5. The standard InChI is InChI=1S/C24H24N6O2/c31-20(14-17-8-3-1-4-9-17)29-13-7-12-19(16-29)22-25-23-21(24(32)26-22)27-28-30(23)15-18-10-5-2-6-11-18/h1-6,8-11,19H,7,12-16H2,(H,25,26,32). The Morgan fingerprint density at radius 2 is 1.75 bits per heavy atom. The van der Waals surface area contributed by atoms with Crippen molar-refractivity contribution in [2.45, 2.75) is 31.7 Å². The van der Waals surface area contributed by atoms with Crippen molar-refractivity contribution in [3.8, 4) is 0 Å². The average molecular weight is 428 g/mol. The summed E-state index contributed by atoms with van der Waals surface area (Å²) >= 11 is 0. The average Bonchev–Trinajstić information content (AvgIpc) is 3.23. The van der Waals surface area contributed by atoms with Crippen molar-refractivity contribution in [2.24, 2.45) is 0 Å². The summed E-state index contributed by atoms with van der Waals surface area (Å²) in [5.41, 5.74) is 2.47. The van der Waals surface area contributed by atoms with Crippen LogP contribution in [0.3, 0.4) is 0 Å². The molecule has 1 amide bonds. The number of aromatic nitrogens is 5. The molecule has 0 bridgehead atoms. The van der Waals surface area contributed by atoms with Gasteiger partial charge in [0, 0.05) is 19.0 Å². The molecule has 1 saturated heterocycles. The molecule has 5 rings (SSSR count). The normalized spacial score (nSPS) is 16.4. The molecule has 0 radical (unpaired) electrons. The van der Waals surface area contributed by atoms with E-state index in [9.17, 15) is 9.59 Å². The molecule has 8 nitrogen and oxygen atoms in total. The van der Waals surface area contributed by atoms with Crippen molar-refractivity contribution >= 4 is 17.1 Å². The van der Waals surface area contributed by atoms with Crippen molar-refractivity contribution in [2.75, 3.05) is 13.1 Å². The number of fused-ring (bicyclic) bond motifs is 1. The number of carbonyl (C=O) groups is 1. The molecule has 1 fully saturated rings. The fourth-order valence-electron chi connectivity index (χ4n) is 4.25. The molecule has 2 aromatic carbocycles. The van der Waals surface area contributed by atoms with Gasteiger partial charge in [-0.2, -0.15) is 0 Å². The number of hydrogen-bond acceptors (Lipinski definition) is 5. The van der Waals surface area contributed by atoms with E-state index in [1.807, 2.05) is 65.6 Å². The third-order valence-electron chi connectivity index (χ3n) is 5.93. The van der Waals surface area contributed by atoms with E-state index < -0.39 is 0 Å². The zero-order valence-electron chi connectivity index (χ0n) is 17.6. The van der Waals surface area contributed by atoms with E-state index in [-0.39, 0.29) is 22.9 Å². The summed E-state index contributed by atoms with van der Waals surface area (Å²) in [4.78, 5) is 35.0. The van der Waals surface area contributed by atoms with Gasteiger partial charge in [-0.3, -0.25) is 9.59 Å². The lowest BCUT2D eigenvalue weighted by Gasteiger charge is -2.32. The number of hydrogen-bond donors (Lipinski definition) is 1. The Kier molecular flexibility index (Phi) is 5.49. The summed E-state index contributed by atoms with van der Waals surface area (Å²) in [6, 6.07) is 19.6. The van der Waals surface area contributed by atoms with Gasteiger partial charge >= 0.3 is 0 Å². The molecular weight excluding hydrogens is 404 g/mol. The summed E-state index contributed by atoms with van der Waals surface area (Å²) in [6.45, 7) is 1.75. The molecule has 8 heteroatoms. The van der Waals surface area contributed by atoms with Crippen LogP contribution in [0.2, 0.25) is 0 Å². The van der Waals surface area contributed by atoms with E-state index in [1.54, 1.807) is 4.68 Å². The number of nitrogens with one attached hydrogen (secondary N) is 1. The fraction of sp³-hybridized carbons (Fsp3) is 0.292. The minimum Gasteiger partial charge on any atom is -0.342 e. The van der Waals surface area contributed by atoms with Crippen molar-refractivity contribution in [3.63, 3.8) is 0 Å². The molecule has 1 aliphatic heterocycles. The van der Waals surface area contributed by atoms with E-state index in [0.29, 0.717) is 31.0 Å². The lowest BCUT2D eigenvalue weighted by molar-refractivity contribution is -0.131. The van der Waals surface area contributed by atoms with E-state index in [1.165, 1.54) is 0 Å². The van der Waals surface area contributed by atoms with Crippen LogP contribution in [0.15, 0.2) is 65.5 Å². The fourth-order valence-corrected chi connectivity index (χ4v) is 4.25. The van der Waals surface area contributed by atoms with Gasteiger partial charge in [0.2, 0.25) is 5.91 Å². The maximum absolute atomic E-state index is 12.8. The second kappa shape index (κ2) is 8.74. The number of aromatic amines is 1. The van der Waals surface area contributed by atoms with Crippen LogP contribution in [0, 0.1) is 0 Å². The minimum absolute atomic E-state index is 0.0272. The van der Waals surface area contributed by atoms with E-state index in [2.05, 4.69) is 15.3 Å². The molecule has 1 unspecified atom stereocenters. The number of piperidine rings is 1. The number of carbonyl (C=O) groups excluding carboxylic acids is 1. The Balaban J connectivity index is 1.38. The number of H-pyrrole nitrogens is 1. The van der Waals surface area contributed by atoms with Gasteiger partial charge in [0.25, 0.3) is 5.56 Å². The van der Waals surface area contributed by atoms with Gasteiger partial charge in [0.15, 0.2) is 11.2 Å². The highest BCUT2D eigenvalue weighted by molar-refractivity contribution is 5.79. The molecule has 1 aliphatic rings. The molecule has 32 heavy (non-hydrogen) atoms. The predicted octanol–water partition coefficient (Wildman–Crippen LogP) is 2.51. The summed E-state index contributed by atoms with van der Waals surface area (Å²) in [5.74, 6) is 0.664. The molecule has 0 aliphatic carbocycles. The van der Waals surface area contributed by atoms with Crippen LogP contribution >= 0.6 is 0 Å². The number of likely N-dealkylation sites (tertiary alicyclic amines) is 1. The highest BCUT2D eigenvalue weighted by atomic mass is 16.2. The van der Waals surface area contributed by atoms with E-state index in [0.717, 1.165) is 30.5 Å². The Bertz CT molecular complexity index is 1280. The third-order valence-corrected chi connectivity index (χ3v) is 5.93. The summed E-state index contributed by atoms with van der Waals surface area (Å²) < 4.78 is 1.66. The van der Waals surface area contributed by atoms with Crippen molar-refractivity contribution in [1.82, 2.24) is 29.9 Å². The Labute approximate surface area is 184 Å². The van der Waals surface area contributed by atoms with Crippen molar-refractivity contribution in [1.29, 1.82) is 0 Å². The second-order valence-corrected chi connectivity index (χ2v) is 8.20. The smallest absolute Gasteiger partial charge is 0.281 e. The molecular formula is C24H24N6O2. The molecule has 3 heterocycles. The highest BCUT2D eigenvalue weighted by Crippen LogP contribution is 2.25. The third kappa shape index (κ3) is 4.16. The van der Waals surface area contributed by atoms with Crippen LogP contribution in [-0.4, -0.2) is 48.9 Å². The van der Waals surface area contributed by atoms with Gasteiger partial charge in [-0.1, -0.05) is 65.9 Å². The van der Waals surface area contributed by atoms with E-state index in [4.69, 9.17) is 4.98 Å². The van der Waals surface area contributed by atoms with Gasteiger partial charge in [0.1, 0.15) is 5.82 Å². The Morgan fingerprint density at radius 3 is 2.50 bits per heavy atom. The zero-order chi connectivity index (χ0) is 21.9. The highest BCUT2D eigenvalue weighted by Gasteiger charge is 2.27. The van der Waals surface area contributed by atoms with Gasteiger partial charge in [0.05, 0.1) is 13.0 Å². The first-order chi connectivity index (χ1) is 15.7. The number of benzene rings is 2. The molecule has 4 aromatic rings. The minimum atomic E-state index is -0.294. The predicted molar refractivity (Wildman–Crippen MR) is 120 cm³/mol. The molecule has 0 spiro atoms. The molecule has 1 atom stereocenters. The van der Waals surface area contributed by atoms with Crippen LogP contribution in [0.5, 0.6) is 0 Å². The first-order valence-corrected chi connectivity index (χ1v) is 10.9. The zero-order valence-corrected chi connectivity index (χ0v) is 17.6. The summed E-state index contributed by atoms with van der Waals surface area (Å²) in [7, 11) is 0. The van der Waals surface area contributed by atoms with Crippen LogP contribution in [-0.2, 0) is 17.8 Å². The maximum atomic E-state index is 12.8. The SMILES string of the molecule is O=C(Cc1ccccc1)N1CCCC(c2nc3c(nnn3Cc3ccccc3)c(=O)[nH]2)C1. The largest absolute Gasteiger partial charge is 0.342 e. The topological polar surface area (TPSA) is 96.8 Å². The number of rotatable bonds is 5. The Morgan fingerprint density at radius 1 is 1.03 bits per heavy atom. The van der Waals surface area contributed by atoms with Crippen LogP contribution in [0.4, 0.5) is 0 Å². The van der Waals surface area contributed by atoms with E-state index >= 15 is 0 Å². The van der Waals surface area contributed by atoms with Gasteiger partial charge in [-0.05, 0) is 24.0 Å². The quantitative estimate of drug-likeness (QED) is 0.527.